The zero-order chi connectivity index (χ0) is 19.7. The third kappa shape index (κ3) is 2.89. The van der Waals surface area contributed by atoms with E-state index in [0.29, 0.717) is 28.0 Å². The molecule has 0 N–H and O–H groups in total. The quantitative estimate of drug-likeness (QED) is 0.493. The Morgan fingerprint density at radius 1 is 0.857 bits per heavy atom. The molecule has 3 aromatic carbocycles. The Bertz CT molecular complexity index is 1180. The standard InChI is InChI=1S/C24H16N2O2/c1-16-7-2-5-12-22(16)26-23(27)20-11-4-3-10-19(20)21(24(26)28)14-17-8-6-9-18(13-17)15-25/h2-14H,1H3/b21-14-. The van der Waals surface area contributed by atoms with Gasteiger partial charge in [0, 0.05) is 11.1 Å². The zero-order valence-electron chi connectivity index (χ0n) is 15.2. The fraction of sp³-hybridized carbons (Fsp3) is 0.0417. The van der Waals surface area contributed by atoms with E-state index >= 15 is 0 Å². The van der Waals surface area contributed by atoms with Crippen molar-refractivity contribution in [3.05, 3.63) is 101 Å². The van der Waals surface area contributed by atoms with Crippen molar-refractivity contribution in [2.45, 2.75) is 6.92 Å². The third-order valence-electron chi connectivity index (χ3n) is 4.77. The number of benzene rings is 3. The van der Waals surface area contributed by atoms with E-state index in [1.54, 1.807) is 48.5 Å². The van der Waals surface area contributed by atoms with Gasteiger partial charge in [-0.05, 0) is 54.0 Å². The van der Waals surface area contributed by atoms with Crippen molar-refractivity contribution in [1.29, 1.82) is 5.26 Å². The molecule has 1 heterocycles. The van der Waals surface area contributed by atoms with Crippen LogP contribution in [0.3, 0.4) is 0 Å². The Kier molecular flexibility index (Phi) is 4.35. The molecule has 0 unspecified atom stereocenters. The van der Waals surface area contributed by atoms with Crippen molar-refractivity contribution in [3.63, 3.8) is 0 Å². The molecule has 0 aliphatic carbocycles. The van der Waals surface area contributed by atoms with Crippen molar-refractivity contribution in [2.75, 3.05) is 4.90 Å². The molecule has 0 saturated heterocycles. The van der Waals surface area contributed by atoms with Crippen LogP contribution in [0.2, 0.25) is 0 Å². The van der Waals surface area contributed by atoms with E-state index in [1.807, 2.05) is 37.3 Å². The van der Waals surface area contributed by atoms with E-state index in [1.165, 1.54) is 4.90 Å². The topological polar surface area (TPSA) is 61.2 Å². The summed E-state index contributed by atoms with van der Waals surface area (Å²) in [5, 5.41) is 9.14. The number of imide groups is 1. The first-order valence-corrected chi connectivity index (χ1v) is 8.86. The van der Waals surface area contributed by atoms with Crippen molar-refractivity contribution < 1.29 is 9.59 Å². The zero-order valence-corrected chi connectivity index (χ0v) is 15.2. The number of nitrogens with zero attached hydrogens (tertiary/aromatic N) is 2. The lowest BCUT2D eigenvalue weighted by molar-refractivity contribution is -0.112. The van der Waals surface area contributed by atoms with E-state index in [4.69, 9.17) is 5.26 Å². The molecule has 1 aliphatic heterocycles. The Balaban J connectivity index is 1.93. The van der Waals surface area contributed by atoms with E-state index in [2.05, 4.69) is 6.07 Å². The van der Waals surface area contributed by atoms with Gasteiger partial charge in [-0.2, -0.15) is 5.26 Å². The number of hydrogen-bond acceptors (Lipinski definition) is 3. The smallest absolute Gasteiger partial charge is 0.265 e. The maximum atomic E-state index is 13.4. The van der Waals surface area contributed by atoms with Gasteiger partial charge in [0.1, 0.15) is 0 Å². The molecular formula is C24H16N2O2. The van der Waals surface area contributed by atoms with Crippen molar-refractivity contribution in [1.82, 2.24) is 0 Å². The highest BCUT2D eigenvalue weighted by atomic mass is 16.2. The van der Waals surface area contributed by atoms with Gasteiger partial charge in [0.05, 0.1) is 17.3 Å². The molecule has 0 atom stereocenters. The molecule has 3 aromatic rings. The van der Waals surface area contributed by atoms with Gasteiger partial charge in [-0.3, -0.25) is 9.59 Å². The molecule has 1 aliphatic rings. The third-order valence-corrected chi connectivity index (χ3v) is 4.77. The molecule has 4 rings (SSSR count). The number of hydrogen-bond donors (Lipinski definition) is 0. The van der Waals surface area contributed by atoms with Gasteiger partial charge in [0.15, 0.2) is 0 Å². The van der Waals surface area contributed by atoms with Gasteiger partial charge in [0.25, 0.3) is 11.8 Å². The lowest BCUT2D eigenvalue weighted by Gasteiger charge is -2.29. The van der Waals surface area contributed by atoms with Gasteiger partial charge >= 0.3 is 0 Å². The minimum Gasteiger partial charge on any atom is -0.268 e. The number of carbonyl (C=O) groups excluding carboxylic acids is 2. The molecule has 0 spiro atoms. The predicted octanol–water partition coefficient (Wildman–Crippen LogP) is 4.59. The highest BCUT2D eigenvalue weighted by molar-refractivity contribution is 6.43. The summed E-state index contributed by atoms with van der Waals surface area (Å²) in [4.78, 5) is 27.7. The van der Waals surface area contributed by atoms with Gasteiger partial charge in [-0.1, -0.05) is 48.5 Å². The Hall–Kier alpha value is -3.97. The van der Waals surface area contributed by atoms with Gasteiger partial charge < -0.3 is 0 Å². The lowest BCUT2D eigenvalue weighted by atomic mass is 9.91. The first-order chi connectivity index (χ1) is 13.6. The minimum atomic E-state index is -0.375. The number of para-hydroxylation sites is 1. The summed E-state index contributed by atoms with van der Waals surface area (Å²) in [5.41, 5.74) is 4.17. The predicted molar refractivity (Wildman–Crippen MR) is 108 cm³/mol. The lowest BCUT2D eigenvalue weighted by Crippen LogP contribution is -2.42. The number of rotatable bonds is 2. The van der Waals surface area contributed by atoms with Crippen LogP contribution in [0.5, 0.6) is 0 Å². The molecule has 2 amide bonds. The van der Waals surface area contributed by atoms with Crippen LogP contribution in [0.25, 0.3) is 11.6 Å². The van der Waals surface area contributed by atoms with Crippen molar-refractivity contribution in [3.8, 4) is 6.07 Å². The summed E-state index contributed by atoms with van der Waals surface area (Å²) >= 11 is 0. The highest BCUT2D eigenvalue weighted by Gasteiger charge is 2.36. The molecule has 4 nitrogen and oxygen atoms in total. The second-order valence-electron chi connectivity index (χ2n) is 6.57. The van der Waals surface area contributed by atoms with Crippen LogP contribution in [-0.2, 0) is 4.79 Å². The van der Waals surface area contributed by atoms with Gasteiger partial charge in [-0.25, -0.2) is 4.90 Å². The summed E-state index contributed by atoms with van der Waals surface area (Å²) in [6, 6.07) is 23.6. The maximum Gasteiger partial charge on any atom is 0.265 e. The number of aryl methyl sites for hydroxylation is 1. The van der Waals surface area contributed by atoms with E-state index in [-0.39, 0.29) is 11.8 Å². The monoisotopic (exact) mass is 364 g/mol. The van der Waals surface area contributed by atoms with E-state index < -0.39 is 0 Å². The van der Waals surface area contributed by atoms with Crippen molar-refractivity contribution in [2.24, 2.45) is 0 Å². The number of amides is 2. The molecule has 0 radical (unpaired) electrons. The molecule has 0 saturated carbocycles. The molecule has 134 valence electrons. The normalized spacial score (nSPS) is 14.7. The molecular weight excluding hydrogens is 348 g/mol. The van der Waals surface area contributed by atoms with Crippen LogP contribution in [0.4, 0.5) is 5.69 Å². The van der Waals surface area contributed by atoms with E-state index in [9.17, 15) is 9.59 Å². The molecule has 28 heavy (non-hydrogen) atoms. The fourth-order valence-electron chi connectivity index (χ4n) is 3.39. The summed E-state index contributed by atoms with van der Waals surface area (Å²) in [6.07, 6.45) is 1.74. The summed E-state index contributed by atoms with van der Waals surface area (Å²) in [6.45, 7) is 1.87. The highest BCUT2D eigenvalue weighted by Crippen LogP contribution is 2.34. The number of carbonyl (C=O) groups is 2. The Labute approximate surface area is 163 Å². The van der Waals surface area contributed by atoms with Crippen LogP contribution in [-0.4, -0.2) is 11.8 Å². The molecule has 4 heteroatoms. The molecule has 0 bridgehead atoms. The molecule has 0 fully saturated rings. The molecule has 0 aromatic heterocycles. The SMILES string of the molecule is Cc1ccccc1N1C(=O)/C(=C\c2cccc(C#N)c2)c2ccccc2C1=O. The maximum absolute atomic E-state index is 13.4. The second-order valence-corrected chi connectivity index (χ2v) is 6.57. The van der Waals surface area contributed by atoms with Crippen LogP contribution >= 0.6 is 0 Å². The van der Waals surface area contributed by atoms with Crippen LogP contribution in [0.15, 0.2) is 72.8 Å². The number of nitriles is 1. The summed E-state index contributed by atoms with van der Waals surface area (Å²) < 4.78 is 0. The van der Waals surface area contributed by atoms with Crippen molar-refractivity contribution >= 4 is 29.2 Å². The summed E-state index contributed by atoms with van der Waals surface area (Å²) in [5.74, 6) is -0.710. The largest absolute Gasteiger partial charge is 0.268 e. The van der Waals surface area contributed by atoms with Crippen LogP contribution in [0.1, 0.15) is 32.6 Å². The Morgan fingerprint density at radius 3 is 2.32 bits per heavy atom. The van der Waals surface area contributed by atoms with E-state index in [0.717, 1.165) is 11.1 Å². The van der Waals surface area contributed by atoms with Crippen LogP contribution < -0.4 is 4.90 Å². The van der Waals surface area contributed by atoms with Gasteiger partial charge in [0.2, 0.25) is 0 Å². The average molecular weight is 364 g/mol. The number of anilines is 1. The Morgan fingerprint density at radius 2 is 1.57 bits per heavy atom. The fourth-order valence-corrected chi connectivity index (χ4v) is 3.39. The first kappa shape index (κ1) is 17.4. The second kappa shape index (κ2) is 6.98. The average Bonchev–Trinajstić information content (AvgIpc) is 2.73. The first-order valence-electron chi connectivity index (χ1n) is 8.86. The minimum absolute atomic E-state index is 0.335. The number of fused-ring (bicyclic) bond motifs is 1. The summed E-state index contributed by atoms with van der Waals surface area (Å²) in [7, 11) is 0. The van der Waals surface area contributed by atoms with Crippen LogP contribution in [0, 0.1) is 18.3 Å². The van der Waals surface area contributed by atoms with Gasteiger partial charge in [-0.15, -0.1) is 0 Å².